The Labute approximate surface area is 475 Å². The molecule has 1 aliphatic rings. The van der Waals surface area contributed by atoms with Crippen LogP contribution in [-0.4, -0.2) is 99.6 Å². The Morgan fingerprint density at radius 1 is 0.526 bits per heavy atom. The number of unbranched alkanes of at least 4 members (excludes halogenated alkanes) is 25. The lowest BCUT2D eigenvalue weighted by molar-refractivity contribution is -0.305. The molecule has 446 valence electrons. The second kappa shape index (κ2) is 53.9. The number of carbonyl (C=O) groups is 2. The number of nitrogens with one attached hydrogen (secondary N) is 1. The summed E-state index contributed by atoms with van der Waals surface area (Å²) < 4.78 is 17.6. The van der Waals surface area contributed by atoms with Crippen LogP contribution in [0.4, 0.5) is 0 Å². The van der Waals surface area contributed by atoms with Crippen LogP contribution in [-0.2, 0) is 23.8 Å². The minimum atomic E-state index is -1.64. The first kappa shape index (κ1) is 72.3. The van der Waals surface area contributed by atoms with E-state index < -0.39 is 67.4 Å². The summed E-state index contributed by atoms with van der Waals surface area (Å²) in [5.41, 5.74) is 0. The van der Waals surface area contributed by atoms with Gasteiger partial charge in [-0.05, 0) is 83.5 Å². The largest absolute Gasteiger partial charge is 0.454 e. The first-order valence-electron chi connectivity index (χ1n) is 31.2. The predicted molar refractivity (Wildman–Crippen MR) is 324 cm³/mol. The maximum absolute atomic E-state index is 13.4. The molecule has 1 amide bonds. The molecule has 0 radical (unpaired) electrons. The summed E-state index contributed by atoms with van der Waals surface area (Å²) in [4.78, 5) is 26.5. The molecule has 1 fully saturated rings. The molecule has 0 aromatic rings. The maximum Gasteiger partial charge on any atom is 0.306 e. The summed E-state index contributed by atoms with van der Waals surface area (Å²) in [6, 6.07) is -1.04. The van der Waals surface area contributed by atoms with Gasteiger partial charge < -0.3 is 45.1 Å². The lowest BCUT2D eigenvalue weighted by atomic mass is 9.99. The van der Waals surface area contributed by atoms with Gasteiger partial charge in [-0.1, -0.05) is 259 Å². The van der Waals surface area contributed by atoms with Gasteiger partial charge in [-0.3, -0.25) is 9.59 Å². The first-order chi connectivity index (χ1) is 38.2. The third kappa shape index (κ3) is 41.3. The minimum absolute atomic E-state index is 0.0686. The van der Waals surface area contributed by atoms with Gasteiger partial charge in [0.25, 0.3) is 0 Å². The van der Waals surface area contributed by atoms with Gasteiger partial charge in [-0.2, -0.15) is 0 Å². The van der Waals surface area contributed by atoms with Crippen LogP contribution in [0.3, 0.4) is 0 Å². The average Bonchev–Trinajstić information content (AvgIpc) is 3.45. The zero-order valence-corrected chi connectivity index (χ0v) is 49.2. The Hall–Kier alpha value is -3.68. The van der Waals surface area contributed by atoms with E-state index in [1.54, 1.807) is 6.08 Å². The van der Waals surface area contributed by atoms with Gasteiger partial charge in [-0.15, -0.1) is 0 Å². The normalized spacial score (nSPS) is 19.7. The molecule has 11 nitrogen and oxygen atoms in total. The molecule has 0 aromatic carbocycles. The lowest BCUT2D eigenvalue weighted by Crippen LogP contribution is -2.61. The molecule has 0 saturated carbocycles. The molecular formula is C67H113NO10. The molecule has 1 rings (SSSR count). The maximum atomic E-state index is 13.4. The molecule has 8 unspecified atom stereocenters. The Kier molecular flexibility index (Phi) is 50.0. The van der Waals surface area contributed by atoms with Crippen LogP contribution in [0.2, 0.25) is 0 Å². The summed E-state index contributed by atoms with van der Waals surface area (Å²) in [5.74, 6) is -1.25. The highest BCUT2D eigenvalue weighted by Crippen LogP contribution is 2.26. The van der Waals surface area contributed by atoms with E-state index in [0.29, 0.717) is 12.8 Å². The van der Waals surface area contributed by atoms with Crippen molar-refractivity contribution >= 4 is 11.9 Å². The Balaban J connectivity index is 2.69. The number of aliphatic hydroxyl groups is 5. The number of allylic oxidation sites excluding steroid dienone is 17. The van der Waals surface area contributed by atoms with Crippen LogP contribution in [0.5, 0.6) is 0 Å². The van der Waals surface area contributed by atoms with Crippen LogP contribution in [0.1, 0.15) is 239 Å². The molecule has 0 bridgehead atoms. The summed E-state index contributed by atoms with van der Waals surface area (Å²) in [6.45, 7) is 5.58. The Bertz CT molecular complexity index is 1680. The fourth-order valence-electron chi connectivity index (χ4n) is 9.09. The highest BCUT2D eigenvalue weighted by molar-refractivity contribution is 5.80. The van der Waals surface area contributed by atoms with Crippen molar-refractivity contribution in [3.63, 3.8) is 0 Å². The monoisotopic (exact) mass is 1090 g/mol. The number of carbonyl (C=O) groups excluding carboxylic acids is 2. The Morgan fingerprint density at radius 2 is 0.974 bits per heavy atom. The zero-order valence-electron chi connectivity index (χ0n) is 49.2. The van der Waals surface area contributed by atoms with E-state index >= 15 is 0 Å². The van der Waals surface area contributed by atoms with Crippen molar-refractivity contribution in [1.29, 1.82) is 0 Å². The number of rotatable bonds is 51. The van der Waals surface area contributed by atoms with E-state index in [9.17, 15) is 35.1 Å². The second-order valence-electron chi connectivity index (χ2n) is 21.2. The quantitative estimate of drug-likeness (QED) is 0.0149. The highest BCUT2D eigenvalue weighted by atomic mass is 16.7. The zero-order chi connectivity index (χ0) is 56.8. The summed E-state index contributed by atoms with van der Waals surface area (Å²) >= 11 is 0. The van der Waals surface area contributed by atoms with Crippen molar-refractivity contribution in [1.82, 2.24) is 5.32 Å². The molecule has 78 heavy (non-hydrogen) atoms. The molecule has 6 N–H and O–H groups in total. The molecule has 1 heterocycles. The fourth-order valence-corrected chi connectivity index (χ4v) is 9.09. The van der Waals surface area contributed by atoms with Crippen LogP contribution >= 0.6 is 0 Å². The molecule has 1 aliphatic heterocycles. The van der Waals surface area contributed by atoms with Crippen LogP contribution in [0.15, 0.2) is 109 Å². The number of esters is 1. The summed E-state index contributed by atoms with van der Waals surface area (Å²) in [5, 5.41) is 57.0. The van der Waals surface area contributed by atoms with Gasteiger partial charge >= 0.3 is 5.97 Å². The Morgan fingerprint density at radius 3 is 1.53 bits per heavy atom. The average molecular weight is 1090 g/mol. The van der Waals surface area contributed by atoms with E-state index in [2.05, 4.69) is 74.7 Å². The standard InChI is InChI=1S/C67H113NO10/c1-4-7-10-13-16-19-22-25-27-28-29-30-31-32-33-35-36-39-42-45-48-51-54-60(71)66(75)68-58(59(70)53-50-47-44-41-38-24-21-18-15-12-9-6-3)57-76-67-65(64(74)63(73)61(56-69)77-67)78-62(72)55-52-49-46-43-40-37-34-26-23-20-17-14-11-8-5-2/h8,11,14,16-17,19-20,23,25-27,29-30,34,37,40,50,53,58-61,63-65,67,69-71,73-74H,4-7,9-10,12-13,15,18,21-22,24,28,31-33,35-36,38-39,41-49,51-52,54-57H2,1-3H3,(H,68,75)/b11-8+,17-14+,19-16-,23-20-,27-25-,30-29-,34-26-,40-37+,53-50+. The van der Waals surface area contributed by atoms with E-state index in [1.807, 2.05) is 54.7 Å². The van der Waals surface area contributed by atoms with Gasteiger partial charge in [0.1, 0.15) is 24.4 Å². The fraction of sp³-hybridized carbons (Fsp3) is 0.701. The summed E-state index contributed by atoms with van der Waals surface area (Å²) in [7, 11) is 0. The van der Waals surface area contributed by atoms with Crippen molar-refractivity contribution < 1.29 is 49.3 Å². The summed E-state index contributed by atoms with van der Waals surface area (Å²) in [6.07, 6.45) is 62.7. The van der Waals surface area contributed by atoms with E-state index in [4.69, 9.17) is 14.2 Å². The molecule has 11 heteroatoms. The molecular weight excluding hydrogens is 979 g/mol. The van der Waals surface area contributed by atoms with Crippen molar-refractivity contribution in [3.05, 3.63) is 109 Å². The highest BCUT2D eigenvalue weighted by Gasteiger charge is 2.47. The van der Waals surface area contributed by atoms with Crippen LogP contribution < -0.4 is 5.32 Å². The van der Waals surface area contributed by atoms with Gasteiger partial charge in [0.2, 0.25) is 5.91 Å². The van der Waals surface area contributed by atoms with Gasteiger partial charge in [0.05, 0.1) is 25.4 Å². The lowest BCUT2D eigenvalue weighted by Gasteiger charge is -2.41. The third-order valence-corrected chi connectivity index (χ3v) is 14.0. The smallest absolute Gasteiger partial charge is 0.306 e. The van der Waals surface area contributed by atoms with E-state index in [0.717, 1.165) is 89.9 Å². The van der Waals surface area contributed by atoms with Crippen molar-refractivity contribution in [2.75, 3.05) is 13.2 Å². The topological polar surface area (TPSA) is 175 Å². The predicted octanol–water partition coefficient (Wildman–Crippen LogP) is 14.9. The second-order valence-corrected chi connectivity index (χ2v) is 21.2. The van der Waals surface area contributed by atoms with E-state index in [1.165, 1.54) is 103 Å². The molecule has 8 atom stereocenters. The van der Waals surface area contributed by atoms with Crippen LogP contribution in [0, 0.1) is 0 Å². The number of hydrogen-bond donors (Lipinski definition) is 6. The van der Waals surface area contributed by atoms with Crippen molar-refractivity contribution in [3.8, 4) is 0 Å². The van der Waals surface area contributed by atoms with Crippen molar-refractivity contribution in [2.24, 2.45) is 0 Å². The molecule has 0 aliphatic carbocycles. The van der Waals surface area contributed by atoms with Gasteiger partial charge in [-0.25, -0.2) is 0 Å². The van der Waals surface area contributed by atoms with Crippen LogP contribution in [0.25, 0.3) is 0 Å². The molecule has 0 aromatic heterocycles. The SMILES string of the molecule is CC/C=C/C=C/C=C\C=C/C=C/CCCCCC(=O)OC1C(OCC(NC(=O)C(O)CCCCCCCCCCC/C=C\C/C=C\C/C=C\CCCCC)C(O)/C=C/CCCCCCCCCCCC)OC(CO)C(O)C1O. The molecule has 0 spiro atoms. The van der Waals surface area contributed by atoms with Gasteiger partial charge in [0.15, 0.2) is 12.4 Å². The van der Waals surface area contributed by atoms with Gasteiger partial charge in [0, 0.05) is 6.42 Å². The number of aliphatic hydroxyl groups excluding tert-OH is 5. The first-order valence-corrected chi connectivity index (χ1v) is 31.2. The van der Waals surface area contributed by atoms with Crippen molar-refractivity contribution in [2.45, 2.75) is 288 Å². The number of ether oxygens (including phenoxy) is 3. The van der Waals surface area contributed by atoms with E-state index in [-0.39, 0.29) is 19.4 Å². The number of hydrogen-bond acceptors (Lipinski definition) is 10. The molecule has 1 saturated heterocycles. The third-order valence-electron chi connectivity index (χ3n) is 14.0. The number of amides is 1. The minimum Gasteiger partial charge on any atom is -0.454 e.